The van der Waals surface area contributed by atoms with Gasteiger partial charge in [0.05, 0.1) is 23.9 Å². The van der Waals surface area contributed by atoms with Crippen LogP contribution in [0.4, 0.5) is 5.69 Å². The van der Waals surface area contributed by atoms with Crippen LogP contribution in [0.25, 0.3) is 0 Å². The standard InChI is InChI=1S/C21H24BrN3O4/c1-13(2)29-19-10-5-15(11-18(19)22)12-23-25-21(27)14(3)20(26)24-16-6-8-17(28-4)9-7-16/h5-14H,1-4H3,(H,24,26)(H,25,27). The lowest BCUT2D eigenvalue weighted by Crippen LogP contribution is -2.34. The maximum absolute atomic E-state index is 12.2. The summed E-state index contributed by atoms with van der Waals surface area (Å²) in [6, 6.07) is 12.3. The monoisotopic (exact) mass is 461 g/mol. The maximum Gasteiger partial charge on any atom is 0.252 e. The third-order valence-electron chi connectivity index (χ3n) is 3.85. The van der Waals surface area contributed by atoms with Gasteiger partial charge in [-0.15, -0.1) is 0 Å². The molecule has 0 saturated heterocycles. The molecular weight excluding hydrogens is 438 g/mol. The van der Waals surface area contributed by atoms with Crippen molar-refractivity contribution < 1.29 is 19.1 Å². The number of methoxy groups -OCH3 is 1. The van der Waals surface area contributed by atoms with Crippen LogP contribution in [0.1, 0.15) is 26.3 Å². The molecule has 1 atom stereocenters. The van der Waals surface area contributed by atoms with Crippen molar-refractivity contribution in [1.82, 2.24) is 5.43 Å². The van der Waals surface area contributed by atoms with Crippen molar-refractivity contribution in [1.29, 1.82) is 0 Å². The van der Waals surface area contributed by atoms with E-state index in [0.717, 1.165) is 15.8 Å². The Bertz CT molecular complexity index is 882. The van der Waals surface area contributed by atoms with Crippen LogP contribution in [-0.2, 0) is 9.59 Å². The predicted molar refractivity (Wildman–Crippen MR) is 116 cm³/mol. The summed E-state index contributed by atoms with van der Waals surface area (Å²) in [6.45, 7) is 5.41. The summed E-state index contributed by atoms with van der Waals surface area (Å²) in [6.07, 6.45) is 1.56. The molecule has 2 N–H and O–H groups in total. The highest BCUT2D eigenvalue weighted by molar-refractivity contribution is 9.10. The summed E-state index contributed by atoms with van der Waals surface area (Å²) < 4.78 is 11.5. The van der Waals surface area contributed by atoms with E-state index in [1.807, 2.05) is 32.0 Å². The Hall–Kier alpha value is -2.87. The van der Waals surface area contributed by atoms with Gasteiger partial charge in [-0.2, -0.15) is 5.10 Å². The Labute approximate surface area is 178 Å². The number of carbonyl (C=O) groups excluding carboxylic acids is 2. The molecule has 2 aromatic rings. The molecule has 7 nitrogen and oxygen atoms in total. The number of hydrazone groups is 1. The van der Waals surface area contributed by atoms with E-state index >= 15 is 0 Å². The van der Waals surface area contributed by atoms with Crippen molar-refractivity contribution in [3.63, 3.8) is 0 Å². The van der Waals surface area contributed by atoms with E-state index < -0.39 is 17.7 Å². The van der Waals surface area contributed by atoms with Crippen LogP contribution in [0.2, 0.25) is 0 Å². The zero-order valence-electron chi connectivity index (χ0n) is 16.7. The molecule has 0 bridgehead atoms. The predicted octanol–water partition coefficient (Wildman–Crippen LogP) is 3.97. The molecule has 0 radical (unpaired) electrons. The SMILES string of the molecule is COc1ccc(NC(=O)C(C)C(=O)NN=Cc2ccc(OC(C)C)c(Br)c2)cc1. The van der Waals surface area contributed by atoms with Gasteiger partial charge in [0, 0.05) is 5.69 Å². The zero-order chi connectivity index (χ0) is 21.4. The van der Waals surface area contributed by atoms with Crippen molar-refractivity contribution in [3.05, 3.63) is 52.5 Å². The van der Waals surface area contributed by atoms with Crippen LogP contribution in [-0.4, -0.2) is 31.2 Å². The summed E-state index contributed by atoms with van der Waals surface area (Å²) in [7, 11) is 1.56. The molecule has 0 saturated carbocycles. The number of amides is 2. The van der Waals surface area contributed by atoms with Crippen molar-refractivity contribution >= 4 is 39.6 Å². The number of carbonyl (C=O) groups is 2. The molecule has 0 spiro atoms. The van der Waals surface area contributed by atoms with Gasteiger partial charge in [-0.25, -0.2) is 5.43 Å². The molecule has 0 fully saturated rings. The van der Waals surface area contributed by atoms with Crippen LogP contribution >= 0.6 is 15.9 Å². The number of ether oxygens (including phenoxy) is 2. The van der Waals surface area contributed by atoms with Crippen LogP contribution in [0.3, 0.4) is 0 Å². The van der Waals surface area contributed by atoms with E-state index in [1.54, 1.807) is 31.4 Å². The summed E-state index contributed by atoms with van der Waals surface area (Å²) in [4.78, 5) is 24.4. The molecule has 0 aliphatic heterocycles. The summed E-state index contributed by atoms with van der Waals surface area (Å²) in [5.41, 5.74) is 3.73. The van der Waals surface area contributed by atoms with Crippen molar-refractivity contribution in [2.45, 2.75) is 26.9 Å². The second-order valence-corrected chi connectivity index (χ2v) is 7.38. The lowest BCUT2D eigenvalue weighted by atomic mass is 10.1. The zero-order valence-corrected chi connectivity index (χ0v) is 18.3. The first-order valence-electron chi connectivity index (χ1n) is 9.04. The van der Waals surface area contributed by atoms with Crippen LogP contribution < -0.4 is 20.2 Å². The minimum absolute atomic E-state index is 0.0654. The highest BCUT2D eigenvalue weighted by atomic mass is 79.9. The van der Waals surface area contributed by atoms with Gasteiger partial charge < -0.3 is 14.8 Å². The fourth-order valence-electron chi connectivity index (χ4n) is 2.26. The van der Waals surface area contributed by atoms with Gasteiger partial charge in [-0.3, -0.25) is 9.59 Å². The molecule has 0 heterocycles. The fraction of sp³-hybridized carbons (Fsp3) is 0.286. The Morgan fingerprint density at radius 3 is 2.34 bits per heavy atom. The Morgan fingerprint density at radius 1 is 1.07 bits per heavy atom. The topological polar surface area (TPSA) is 89.0 Å². The fourth-order valence-corrected chi connectivity index (χ4v) is 2.75. The average molecular weight is 462 g/mol. The Kier molecular flexibility index (Phi) is 8.21. The average Bonchev–Trinajstić information content (AvgIpc) is 2.69. The number of nitrogens with one attached hydrogen (secondary N) is 2. The van der Waals surface area contributed by atoms with Crippen molar-refractivity contribution in [3.8, 4) is 11.5 Å². The normalized spacial score (nSPS) is 11.9. The Morgan fingerprint density at radius 2 is 1.76 bits per heavy atom. The van der Waals surface area contributed by atoms with E-state index in [0.29, 0.717) is 11.4 Å². The van der Waals surface area contributed by atoms with Gasteiger partial charge >= 0.3 is 0 Å². The molecule has 2 amide bonds. The molecular formula is C21H24BrN3O4. The number of rotatable bonds is 8. The van der Waals surface area contributed by atoms with Crippen LogP contribution in [0.15, 0.2) is 52.0 Å². The third kappa shape index (κ3) is 6.90. The van der Waals surface area contributed by atoms with Crippen molar-refractivity contribution in [2.24, 2.45) is 11.0 Å². The van der Waals surface area contributed by atoms with Crippen LogP contribution in [0, 0.1) is 5.92 Å². The minimum atomic E-state index is -0.914. The third-order valence-corrected chi connectivity index (χ3v) is 4.47. The lowest BCUT2D eigenvalue weighted by Gasteiger charge is -2.12. The molecule has 0 aliphatic carbocycles. The molecule has 29 heavy (non-hydrogen) atoms. The van der Waals surface area contributed by atoms with Crippen LogP contribution in [0.5, 0.6) is 11.5 Å². The first kappa shape index (κ1) is 22.4. The smallest absolute Gasteiger partial charge is 0.252 e. The van der Waals surface area contributed by atoms with Gasteiger partial charge in [0.2, 0.25) is 5.91 Å². The number of hydrogen-bond acceptors (Lipinski definition) is 5. The first-order valence-corrected chi connectivity index (χ1v) is 9.83. The van der Waals surface area contributed by atoms with Gasteiger partial charge in [0.15, 0.2) is 0 Å². The van der Waals surface area contributed by atoms with Gasteiger partial charge in [0.1, 0.15) is 17.4 Å². The molecule has 0 aliphatic rings. The number of benzene rings is 2. The largest absolute Gasteiger partial charge is 0.497 e. The van der Waals surface area contributed by atoms with Gasteiger partial charge in [0.25, 0.3) is 5.91 Å². The van der Waals surface area contributed by atoms with E-state index in [2.05, 4.69) is 31.8 Å². The van der Waals surface area contributed by atoms with Gasteiger partial charge in [-0.05, 0) is 84.7 Å². The first-order chi connectivity index (χ1) is 13.8. The molecule has 1 unspecified atom stereocenters. The van der Waals surface area contributed by atoms with E-state index in [1.165, 1.54) is 13.1 Å². The Balaban J connectivity index is 1.89. The molecule has 0 aromatic heterocycles. The van der Waals surface area contributed by atoms with E-state index in [4.69, 9.17) is 9.47 Å². The number of hydrogen-bond donors (Lipinski definition) is 2. The molecule has 8 heteroatoms. The quantitative estimate of drug-likeness (QED) is 0.353. The molecule has 2 aromatic carbocycles. The van der Waals surface area contributed by atoms with E-state index in [9.17, 15) is 9.59 Å². The number of halogens is 1. The van der Waals surface area contributed by atoms with Crippen molar-refractivity contribution in [2.75, 3.05) is 12.4 Å². The number of anilines is 1. The van der Waals surface area contributed by atoms with Gasteiger partial charge in [-0.1, -0.05) is 0 Å². The maximum atomic E-state index is 12.2. The lowest BCUT2D eigenvalue weighted by molar-refractivity contribution is -0.131. The summed E-state index contributed by atoms with van der Waals surface area (Å²) >= 11 is 3.44. The van der Waals surface area contributed by atoms with E-state index in [-0.39, 0.29) is 6.10 Å². The minimum Gasteiger partial charge on any atom is -0.497 e. The highest BCUT2D eigenvalue weighted by Gasteiger charge is 2.21. The number of nitrogens with zero attached hydrogens (tertiary/aromatic N) is 1. The summed E-state index contributed by atoms with van der Waals surface area (Å²) in [5.74, 6) is -0.446. The summed E-state index contributed by atoms with van der Waals surface area (Å²) in [5, 5.41) is 6.61. The highest BCUT2D eigenvalue weighted by Crippen LogP contribution is 2.26. The molecule has 154 valence electrons. The second-order valence-electron chi connectivity index (χ2n) is 6.53. The second kappa shape index (κ2) is 10.6. The molecule has 2 rings (SSSR count).